The van der Waals surface area contributed by atoms with Crippen LogP contribution in [-0.4, -0.2) is 41.1 Å². The van der Waals surface area contributed by atoms with Gasteiger partial charge in [-0.1, -0.05) is 15.9 Å². The number of hydrogen-bond acceptors (Lipinski definition) is 2. The molecule has 0 atom stereocenters. The van der Waals surface area contributed by atoms with Crippen molar-refractivity contribution in [3.8, 4) is 0 Å². The summed E-state index contributed by atoms with van der Waals surface area (Å²) >= 11 is 3.39. The third-order valence-corrected chi connectivity index (χ3v) is 2.18. The maximum Gasteiger partial charge on any atom is 0.0558 e. The molecule has 0 heterocycles. The van der Waals surface area contributed by atoms with Crippen molar-refractivity contribution in [3.05, 3.63) is 0 Å². The molecule has 1 aliphatic carbocycles. The van der Waals surface area contributed by atoms with Crippen molar-refractivity contribution in [2.24, 2.45) is 0 Å². The standard InChI is InChI=1S/C7H14BrNO/c8-3-4-9(5-6-10)7-1-2-7/h7,10H,1-6H2. The Labute approximate surface area is 70.3 Å². The molecule has 0 saturated heterocycles. The van der Waals surface area contributed by atoms with Gasteiger partial charge in [0.15, 0.2) is 0 Å². The Kier molecular flexibility index (Phi) is 3.66. The minimum absolute atomic E-state index is 0.295. The van der Waals surface area contributed by atoms with Crippen molar-refractivity contribution >= 4 is 15.9 Å². The van der Waals surface area contributed by atoms with Gasteiger partial charge in [-0.3, -0.25) is 4.90 Å². The molecule has 0 bridgehead atoms. The van der Waals surface area contributed by atoms with Gasteiger partial charge in [-0.15, -0.1) is 0 Å². The Balaban J connectivity index is 2.13. The van der Waals surface area contributed by atoms with Crippen LogP contribution in [0.25, 0.3) is 0 Å². The molecule has 10 heavy (non-hydrogen) atoms. The van der Waals surface area contributed by atoms with E-state index in [2.05, 4.69) is 20.8 Å². The van der Waals surface area contributed by atoms with Crippen LogP contribution in [0.4, 0.5) is 0 Å². The Hall–Kier alpha value is 0.400. The molecule has 0 amide bonds. The lowest BCUT2D eigenvalue weighted by Gasteiger charge is -2.18. The van der Waals surface area contributed by atoms with Gasteiger partial charge in [-0.05, 0) is 12.8 Å². The molecule has 0 spiro atoms. The molecule has 1 fully saturated rings. The summed E-state index contributed by atoms with van der Waals surface area (Å²) in [6.07, 6.45) is 2.65. The van der Waals surface area contributed by atoms with Crippen LogP contribution in [-0.2, 0) is 0 Å². The normalized spacial score (nSPS) is 18.3. The first-order valence-electron chi connectivity index (χ1n) is 3.79. The van der Waals surface area contributed by atoms with E-state index in [0.717, 1.165) is 24.5 Å². The minimum atomic E-state index is 0.295. The van der Waals surface area contributed by atoms with E-state index >= 15 is 0 Å². The zero-order chi connectivity index (χ0) is 7.40. The highest BCUT2D eigenvalue weighted by atomic mass is 79.9. The van der Waals surface area contributed by atoms with Crippen molar-refractivity contribution in [2.75, 3.05) is 25.0 Å². The largest absolute Gasteiger partial charge is 0.395 e. The Morgan fingerprint density at radius 1 is 1.40 bits per heavy atom. The summed E-state index contributed by atoms with van der Waals surface area (Å²) < 4.78 is 0. The maximum atomic E-state index is 8.68. The molecule has 60 valence electrons. The van der Waals surface area contributed by atoms with Gasteiger partial charge in [0.05, 0.1) is 6.61 Å². The fourth-order valence-electron chi connectivity index (χ4n) is 1.15. The average molecular weight is 208 g/mol. The number of nitrogens with zero attached hydrogens (tertiary/aromatic N) is 1. The predicted molar refractivity (Wildman–Crippen MR) is 45.5 cm³/mol. The van der Waals surface area contributed by atoms with E-state index in [1.807, 2.05) is 0 Å². The summed E-state index contributed by atoms with van der Waals surface area (Å²) in [4.78, 5) is 2.34. The quantitative estimate of drug-likeness (QED) is 0.676. The summed E-state index contributed by atoms with van der Waals surface area (Å²) in [6, 6.07) is 0.782. The fraction of sp³-hybridized carbons (Fsp3) is 1.00. The van der Waals surface area contributed by atoms with Gasteiger partial charge in [-0.2, -0.15) is 0 Å². The summed E-state index contributed by atoms with van der Waals surface area (Å²) in [6.45, 7) is 2.21. The van der Waals surface area contributed by atoms with Crippen LogP contribution in [0, 0.1) is 0 Å². The van der Waals surface area contributed by atoms with Gasteiger partial charge in [0.2, 0.25) is 0 Å². The first kappa shape index (κ1) is 8.50. The molecule has 3 heteroatoms. The first-order chi connectivity index (χ1) is 4.88. The molecule has 1 rings (SSSR count). The Bertz CT molecular complexity index is 89.6. The van der Waals surface area contributed by atoms with Gasteiger partial charge in [-0.25, -0.2) is 0 Å². The second-order valence-electron chi connectivity index (χ2n) is 2.68. The smallest absolute Gasteiger partial charge is 0.0558 e. The van der Waals surface area contributed by atoms with Crippen molar-refractivity contribution in [1.82, 2.24) is 4.90 Å². The minimum Gasteiger partial charge on any atom is -0.395 e. The lowest BCUT2D eigenvalue weighted by atomic mass is 10.4. The molecule has 0 aromatic rings. The summed E-state index contributed by atoms with van der Waals surface area (Å²) in [7, 11) is 0. The van der Waals surface area contributed by atoms with Crippen LogP contribution in [0.5, 0.6) is 0 Å². The molecule has 0 aromatic heterocycles. The van der Waals surface area contributed by atoms with E-state index in [4.69, 9.17) is 5.11 Å². The van der Waals surface area contributed by atoms with Crippen molar-refractivity contribution in [3.63, 3.8) is 0 Å². The number of rotatable bonds is 5. The second-order valence-corrected chi connectivity index (χ2v) is 3.47. The predicted octanol–water partition coefficient (Wildman–Crippen LogP) is 0.838. The molecule has 2 nitrogen and oxygen atoms in total. The van der Waals surface area contributed by atoms with Gasteiger partial charge in [0, 0.05) is 24.5 Å². The lowest BCUT2D eigenvalue weighted by molar-refractivity contribution is 0.197. The number of aliphatic hydroxyl groups excluding tert-OH is 1. The maximum absolute atomic E-state index is 8.68. The highest BCUT2D eigenvalue weighted by molar-refractivity contribution is 9.09. The number of halogens is 1. The van der Waals surface area contributed by atoms with Gasteiger partial charge >= 0.3 is 0 Å². The van der Waals surface area contributed by atoms with Gasteiger partial charge in [0.25, 0.3) is 0 Å². The van der Waals surface area contributed by atoms with E-state index in [1.54, 1.807) is 0 Å². The van der Waals surface area contributed by atoms with Crippen molar-refractivity contribution in [1.29, 1.82) is 0 Å². The molecule has 1 aliphatic rings. The molecular formula is C7H14BrNO. The molecular weight excluding hydrogens is 194 g/mol. The van der Waals surface area contributed by atoms with E-state index in [1.165, 1.54) is 12.8 Å². The summed E-state index contributed by atoms with van der Waals surface area (Å²) in [5.41, 5.74) is 0. The first-order valence-corrected chi connectivity index (χ1v) is 4.91. The molecule has 1 N–H and O–H groups in total. The molecule has 0 radical (unpaired) electrons. The molecule has 0 aromatic carbocycles. The number of aliphatic hydroxyl groups is 1. The number of alkyl halides is 1. The van der Waals surface area contributed by atoms with Crippen LogP contribution >= 0.6 is 15.9 Å². The highest BCUT2D eigenvalue weighted by Crippen LogP contribution is 2.26. The van der Waals surface area contributed by atoms with Gasteiger partial charge in [0.1, 0.15) is 0 Å². The van der Waals surface area contributed by atoms with Gasteiger partial charge < -0.3 is 5.11 Å². The zero-order valence-electron chi connectivity index (χ0n) is 6.09. The Morgan fingerprint density at radius 3 is 2.50 bits per heavy atom. The highest BCUT2D eigenvalue weighted by Gasteiger charge is 2.27. The van der Waals surface area contributed by atoms with E-state index in [0.29, 0.717) is 6.61 Å². The molecule has 0 aliphatic heterocycles. The topological polar surface area (TPSA) is 23.5 Å². The van der Waals surface area contributed by atoms with Crippen molar-refractivity contribution in [2.45, 2.75) is 18.9 Å². The van der Waals surface area contributed by atoms with Crippen LogP contribution in [0.2, 0.25) is 0 Å². The molecule has 1 saturated carbocycles. The second kappa shape index (κ2) is 4.31. The lowest BCUT2D eigenvalue weighted by Crippen LogP contribution is -2.30. The Morgan fingerprint density at radius 2 is 2.10 bits per heavy atom. The van der Waals surface area contributed by atoms with E-state index in [9.17, 15) is 0 Å². The summed E-state index contributed by atoms with van der Waals surface area (Å²) in [5, 5.41) is 9.70. The summed E-state index contributed by atoms with van der Waals surface area (Å²) in [5.74, 6) is 0. The van der Waals surface area contributed by atoms with Crippen LogP contribution in [0.15, 0.2) is 0 Å². The zero-order valence-corrected chi connectivity index (χ0v) is 7.68. The molecule has 0 unspecified atom stereocenters. The van der Waals surface area contributed by atoms with Crippen molar-refractivity contribution < 1.29 is 5.11 Å². The van der Waals surface area contributed by atoms with Crippen LogP contribution in [0.3, 0.4) is 0 Å². The fourth-order valence-corrected chi connectivity index (χ4v) is 1.61. The van der Waals surface area contributed by atoms with Crippen LogP contribution in [0.1, 0.15) is 12.8 Å². The third-order valence-electron chi connectivity index (χ3n) is 1.82. The van der Waals surface area contributed by atoms with E-state index < -0.39 is 0 Å². The number of hydrogen-bond donors (Lipinski definition) is 1. The average Bonchev–Trinajstić information content (AvgIpc) is 2.69. The third kappa shape index (κ3) is 2.56. The van der Waals surface area contributed by atoms with Crippen LogP contribution < -0.4 is 0 Å². The monoisotopic (exact) mass is 207 g/mol. The SMILES string of the molecule is OCCN(CCBr)C1CC1. The van der Waals surface area contributed by atoms with E-state index in [-0.39, 0.29) is 0 Å².